The fraction of sp³-hybridized carbons (Fsp3) is 0.100. The molecule has 0 radical (unpaired) electrons. The number of para-hydroxylation sites is 3. The van der Waals surface area contributed by atoms with E-state index in [0.717, 1.165) is 0 Å². The van der Waals surface area contributed by atoms with Gasteiger partial charge in [0.25, 0.3) is 0 Å². The Balaban J connectivity index is 1.89. The van der Waals surface area contributed by atoms with Gasteiger partial charge in [0.2, 0.25) is 11.8 Å². The van der Waals surface area contributed by atoms with Gasteiger partial charge in [0.05, 0.1) is 24.7 Å². The Hall–Kier alpha value is -3.34. The van der Waals surface area contributed by atoms with E-state index in [1.165, 1.54) is 6.92 Å². The van der Waals surface area contributed by atoms with Crippen molar-refractivity contribution in [3.05, 3.63) is 72.9 Å². The zero-order valence-corrected chi connectivity index (χ0v) is 14.0. The van der Waals surface area contributed by atoms with Gasteiger partial charge in [0.15, 0.2) is 0 Å². The smallest absolute Gasteiger partial charge is 0.228 e. The molecule has 1 heterocycles. The quantitative estimate of drug-likeness (QED) is 0.686. The molecular weight excluding hydrogens is 316 g/mol. The van der Waals surface area contributed by atoms with Crippen molar-refractivity contribution in [3.8, 4) is 17.4 Å². The summed E-state index contributed by atoms with van der Waals surface area (Å²) >= 11 is 0. The number of carbonyl (C=O) groups is 1. The van der Waals surface area contributed by atoms with Crippen LogP contribution in [-0.2, 0) is 4.79 Å². The van der Waals surface area contributed by atoms with Crippen LogP contribution in [0.2, 0.25) is 0 Å². The second kappa shape index (κ2) is 7.49. The van der Waals surface area contributed by atoms with E-state index in [-0.39, 0.29) is 5.91 Å². The summed E-state index contributed by atoms with van der Waals surface area (Å²) in [7, 11) is 1.58. The first-order chi connectivity index (χ1) is 12.2. The molecule has 0 unspecified atom stereocenters. The summed E-state index contributed by atoms with van der Waals surface area (Å²) in [6, 6.07) is 20.3. The lowest BCUT2D eigenvalue weighted by Crippen LogP contribution is -2.23. The minimum absolute atomic E-state index is 0.136. The molecule has 126 valence electrons. The molecule has 0 bridgehead atoms. The summed E-state index contributed by atoms with van der Waals surface area (Å²) in [6.45, 7) is 1.50. The van der Waals surface area contributed by atoms with Gasteiger partial charge in [-0.15, -0.1) is 0 Å². The molecule has 2 aromatic carbocycles. The van der Waals surface area contributed by atoms with Crippen LogP contribution in [0.3, 0.4) is 0 Å². The molecule has 0 fully saturated rings. The minimum Gasteiger partial charge on any atom is -0.495 e. The highest BCUT2D eigenvalue weighted by Gasteiger charge is 2.18. The number of benzene rings is 2. The third-order valence-corrected chi connectivity index (χ3v) is 3.59. The lowest BCUT2D eigenvalue weighted by atomic mass is 10.2. The monoisotopic (exact) mass is 334 g/mol. The number of carbonyl (C=O) groups excluding carboxylic acids is 1. The summed E-state index contributed by atoms with van der Waals surface area (Å²) in [4.78, 5) is 18.1. The number of nitrogens with zero attached hydrogens (tertiary/aromatic N) is 2. The predicted octanol–water partition coefficient (Wildman–Crippen LogP) is 4.57. The molecule has 0 saturated heterocycles. The molecule has 0 saturated carbocycles. The van der Waals surface area contributed by atoms with Crippen LogP contribution < -0.4 is 14.4 Å². The number of pyridine rings is 1. The first kappa shape index (κ1) is 16.5. The van der Waals surface area contributed by atoms with Crippen molar-refractivity contribution in [1.82, 2.24) is 4.98 Å². The number of aromatic nitrogens is 1. The predicted molar refractivity (Wildman–Crippen MR) is 96.6 cm³/mol. The number of anilines is 2. The van der Waals surface area contributed by atoms with Crippen molar-refractivity contribution in [2.24, 2.45) is 0 Å². The standard InChI is InChI=1S/C20H18N2O3/c1-15(23)22(18-10-6-7-11-19(18)24-2)16-12-13-20(21-14-16)25-17-8-4-3-5-9-17/h3-14H,1-2H3. The van der Waals surface area contributed by atoms with Crippen molar-refractivity contribution in [3.63, 3.8) is 0 Å². The fourth-order valence-corrected chi connectivity index (χ4v) is 2.48. The Kier molecular flexibility index (Phi) is 4.95. The summed E-state index contributed by atoms with van der Waals surface area (Å²) in [5, 5.41) is 0. The van der Waals surface area contributed by atoms with E-state index in [1.54, 1.807) is 30.3 Å². The molecule has 1 amide bonds. The molecule has 5 nitrogen and oxygen atoms in total. The number of methoxy groups -OCH3 is 1. The summed E-state index contributed by atoms with van der Waals surface area (Å²) in [5.74, 6) is 1.64. The first-order valence-electron chi connectivity index (χ1n) is 7.81. The first-order valence-corrected chi connectivity index (χ1v) is 7.81. The Morgan fingerprint density at radius 2 is 1.68 bits per heavy atom. The maximum atomic E-state index is 12.2. The van der Waals surface area contributed by atoms with Gasteiger partial charge < -0.3 is 9.47 Å². The number of amides is 1. The SMILES string of the molecule is COc1ccccc1N(C(C)=O)c1ccc(Oc2ccccc2)nc1. The third-order valence-electron chi connectivity index (χ3n) is 3.59. The van der Waals surface area contributed by atoms with E-state index in [9.17, 15) is 4.79 Å². The highest BCUT2D eigenvalue weighted by atomic mass is 16.5. The van der Waals surface area contributed by atoms with E-state index in [0.29, 0.717) is 28.8 Å². The highest BCUT2D eigenvalue weighted by Crippen LogP contribution is 2.34. The summed E-state index contributed by atoms with van der Waals surface area (Å²) < 4.78 is 11.0. The van der Waals surface area contributed by atoms with Crippen molar-refractivity contribution in [2.45, 2.75) is 6.92 Å². The summed E-state index contributed by atoms with van der Waals surface area (Å²) in [5.41, 5.74) is 1.30. The largest absolute Gasteiger partial charge is 0.495 e. The fourth-order valence-electron chi connectivity index (χ4n) is 2.48. The zero-order chi connectivity index (χ0) is 17.6. The van der Waals surface area contributed by atoms with Crippen LogP contribution in [0, 0.1) is 0 Å². The molecule has 0 N–H and O–H groups in total. The van der Waals surface area contributed by atoms with E-state index in [4.69, 9.17) is 9.47 Å². The molecule has 0 aliphatic heterocycles. The molecule has 1 aromatic heterocycles. The Bertz CT molecular complexity index is 848. The molecule has 0 aliphatic carbocycles. The average molecular weight is 334 g/mol. The van der Waals surface area contributed by atoms with Crippen LogP contribution in [-0.4, -0.2) is 18.0 Å². The van der Waals surface area contributed by atoms with Crippen LogP contribution in [0.25, 0.3) is 0 Å². The van der Waals surface area contributed by atoms with Crippen molar-refractivity contribution < 1.29 is 14.3 Å². The summed E-state index contributed by atoms with van der Waals surface area (Å²) in [6.07, 6.45) is 1.60. The maximum absolute atomic E-state index is 12.2. The maximum Gasteiger partial charge on any atom is 0.228 e. The van der Waals surface area contributed by atoms with E-state index in [1.807, 2.05) is 54.6 Å². The van der Waals surface area contributed by atoms with Gasteiger partial charge in [-0.1, -0.05) is 30.3 Å². The minimum atomic E-state index is -0.136. The average Bonchev–Trinajstić information content (AvgIpc) is 2.64. The van der Waals surface area contributed by atoms with Crippen LogP contribution >= 0.6 is 0 Å². The van der Waals surface area contributed by atoms with Gasteiger partial charge >= 0.3 is 0 Å². The zero-order valence-electron chi connectivity index (χ0n) is 14.0. The molecule has 25 heavy (non-hydrogen) atoms. The van der Waals surface area contributed by atoms with Crippen molar-refractivity contribution in [2.75, 3.05) is 12.0 Å². The number of hydrogen-bond donors (Lipinski definition) is 0. The lowest BCUT2D eigenvalue weighted by molar-refractivity contribution is -0.115. The van der Waals surface area contributed by atoms with Crippen LogP contribution in [0.15, 0.2) is 72.9 Å². The van der Waals surface area contributed by atoms with E-state index >= 15 is 0 Å². The number of ether oxygens (including phenoxy) is 2. The molecular formula is C20H18N2O3. The van der Waals surface area contributed by atoms with Gasteiger partial charge in [-0.25, -0.2) is 4.98 Å². The normalized spacial score (nSPS) is 10.2. The Morgan fingerprint density at radius 1 is 0.960 bits per heavy atom. The molecule has 3 aromatic rings. The third kappa shape index (κ3) is 3.77. The number of rotatable bonds is 5. The van der Waals surface area contributed by atoms with E-state index < -0.39 is 0 Å². The Labute approximate surface area is 146 Å². The molecule has 0 aliphatic rings. The van der Waals surface area contributed by atoms with Gasteiger partial charge in [-0.2, -0.15) is 0 Å². The van der Waals surface area contributed by atoms with Gasteiger partial charge in [0.1, 0.15) is 11.5 Å². The Morgan fingerprint density at radius 3 is 2.32 bits per heavy atom. The van der Waals surface area contributed by atoms with E-state index in [2.05, 4.69) is 4.98 Å². The second-order valence-electron chi connectivity index (χ2n) is 5.30. The lowest BCUT2D eigenvalue weighted by Gasteiger charge is -2.23. The molecule has 5 heteroatoms. The van der Waals surface area contributed by atoms with Gasteiger partial charge in [-0.3, -0.25) is 9.69 Å². The molecule has 0 spiro atoms. The highest BCUT2D eigenvalue weighted by molar-refractivity contribution is 6.00. The topological polar surface area (TPSA) is 51.7 Å². The number of hydrogen-bond acceptors (Lipinski definition) is 4. The van der Waals surface area contributed by atoms with Crippen LogP contribution in [0.5, 0.6) is 17.4 Å². The van der Waals surface area contributed by atoms with Crippen LogP contribution in [0.4, 0.5) is 11.4 Å². The van der Waals surface area contributed by atoms with Gasteiger partial charge in [-0.05, 0) is 30.3 Å². The van der Waals surface area contributed by atoms with Crippen LogP contribution in [0.1, 0.15) is 6.92 Å². The molecule has 3 rings (SSSR count). The van der Waals surface area contributed by atoms with Crippen molar-refractivity contribution >= 4 is 17.3 Å². The molecule has 0 atom stereocenters. The van der Waals surface area contributed by atoms with Crippen molar-refractivity contribution in [1.29, 1.82) is 0 Å². The van der Waals surface area contributed by atoms with Gasteiger partial charge in [0, 0.05) is 13.0 Å². The second-order valence-corrected chi connectivity index (χ2v) is 5.30.